The lowest BCUT2D eigenvalue weighted by molar-refractivity contribution is -0.673. The lowest BCUT2D eigenvalue weighted by Gasteiger charge is -2.05. The monoisotopic (exact) mass is 484 g/mol. The minimum absolute atomic E-state index is 0. The predicted molar refractivity (Wildman–Crippen MR) is 112 cm³/mol. The highest BCUT2D eigenvalue weighted by Crippen LogP contribution is 2.22. The molecule has 4 heteroatoms. The average molecular weight is 484 g/mol. The van der Waals surface area contributed by atoms with Gasteiger partial charge in [0, 0.05) is 66.3 Å². The van der Waals surface area contributed by atoms with Gasteiger partial charge in [0.05, 0.1) is 0 Å². The second kappa shape index (κ2) is 8.88. The van der Waals surface area contributed by atoms with Crippen molar-refractivity contribution in [2.45, 2.75) is 19.9 Å². The normalized spacial score (nSPS) is 11.4. The molecule has 0 spiro atoms. The van der Waals surface area contributed by atoms with Crippen LogP contribution in [0.3, 0.4) is 0 Å². The summed E-state index contributed by atoms with van der Waals surface area (Å²) in [5, 5.41) is 11.8. The van der Waals surface area contributed by atoms with Crippen LogP contribution in [-0.2, 0) is 13.6 Å². The summed E-state index contributed by atoms with van der Waals surface area (Å²) in [6.45, 7) is 3.11. The van der Waals surface area contributed by atoms with Crippen molar-refractivity contribution < 1.29 is 33.7 Å². The number of aliphatic hydroxyl groups is 1. The number of rotatable bonds is 5. The number of halogens is 1. The highest BCUT2D eigenvalue weighted by Gasteiger charge is 2.14. The highest BCUT2D eigenvalue weighted by atomic mass is 127. The fraction of sp³-hybridized carbons (Fsp3) is 0.208. The largest absolute Gasteiger partial charge is 1.00 e. The molecule has 0 saturated carbocycles. The Bertz CT molecular complexity index is 1140. The summed E-state index contributed by atoms with van der Waals surface area (Å²) >= 11 is 0. The maximum Gasteiger partial charge on any atom is 0.212 e. The Morgan fingerprint density at radius 2 is 1.86 bits per heavy atom. The van der Waals surface area contributed by atoms with Gasteiger partial charge in [0.15, 0.2) is 6.54 Å². The van der Waals surface area contributed by atoms with E-state index in [0.717, 1.165) is 18.7 Å². The molecule has 0 amide bonds. The van der Waals surface area contributed by atoms with Crippen LogP contribution >= 0.6 is 0 Å². The molecule has 2 aromatic heterocycles. The summed E-state index contributed by atoms with van der Waals surface area (Å²) in [5.74, 6) is 0. The van der Waals surface area contributed by atoms with Gasteiger partial charge in [0.2, 0.25) is 11.2 Å². The third kappa shape index (κ3) is 3.98. The number of nitrogens with zero attached hydrogens (tertiary/aromatic N) is 2. The Labute approximate surface area is 183 Å². The first-order valence-electron chi connectivity index (χ1n) is 9.43. The zero-order valence-electron chi connectivity index (χ0n) is 16.3. The second-order valence-electron chi connectivity index (χ2n) is 7.10. The Morgan fingerprint density at radius 1 is 1.04 bits per heavy atom. The second-order valence-corrected chi connectivity index (χ2v) is 7.10. The van der Waals surface area contributed by atoms with Gasteiger partial charge in [-0.15, -0.1) is 0 Å². The number of aromatic nitrogens is 2. The summed E-state index contributed by atoms with van der Waals surface area (Å²) in [6, 6.07) is 19.4. The molecule has 0 atom stereocenters. The standard InChI is InChI=1S/C24H25N2O.HI/c1-18-8-13-23-19(16-18)9-11-21(26(23)14-5-15-27)12-10-20-17-25(2)24-7-4-3-6-22(20)24;/h3-4,6-13,16-17,27H,5,14-15H2,1-2H3;1H/q+1;/p-1. The summed E-state index contributed by atoms with van der Waals surface area (Å²) in [5.41, 5.74) is 6.06. The molecule has 0 saturated heterocycles. The third-order valence-corrected chi connectivity index (χ3v) is 5.12. The minimum atomic E-state index is 0. The van der Waals surface area contributed by atoms with E-state index in [-0.39, 0.29) is 30.6 Å². The van der Waals surface area contributed by atoms with Crippen molar-refractivity contribution in [1.82, 2.24) is 4.57 Å². The van der Waals surface area contributed by atoms with E-state index >= 15 is 0 Å². The average Bonchev–Trinajstić information content (AvgIpc) is 3.01. The van der Waals surface area contributed by atoms with Crippen molar-refractivity contribution in [3.05, 3.63) is 77.6 Å². The number of fused-ring (bicyclic) bond motifs is 2. The number of hydrogen-bond acceptors (Lipinski definition) is 1. The summed E-state index contributed by atoms with van der Waals surface area (Å²) in [4.78, 5) is 0. The molecule has 1 N–H and O–H groups in total. The SMILES string of the molecule is Cc1ccc2c(ccc(/C=C/c3cn(C)c4ccccc34)[n+]2CCCO)c1.[I-]. The molecule has 144 valence electrons. The van der Waals surface area contributed by atoms with E-state index in [9.17, 15) is 5.11 Å². The topological polar surface area (TPSA) is 29.0 Å². The van der Waals surface area contributed by atoms with Crippen molar-refractivity contribution in [2.75, 3.05) is 6.61 Å². The van der Waals surface area contributed by atoms with Crippen molar-refractivity contribution in [3.8, 4) is 0 Å². The molecule has 28 heavy (non-hydrogen) atoms. The first kappa shape index (κ1) is 20.6. The minimum Gasteiger partial charge on any atom is -1.00 e. The smallest absolute Gasteiger partial charge is 0.212 e. The van der Waals surface area contributed by atoms with Gasteiger partial charge in [-0.25, -0.2) is 0 Å². The first-order chi connectivity index (χ1) is 13.2. The Balaban J connectivity index is 0.00000225. The van der Waals surface area contributed by atoms with Crippen LogP contribution in [-0.4, -0.2) is 16.3 Å². The maximum atomic E-state index is 9.33. The van der Waals surface area contributed by atoms with Gasteiger partial charge in [0.1, 0.15) is 0 Å². The first-order valence-corrected chi connectivity index (χ1v) is 9.43. The number of aliphatic hydroxyl groups excluding tert-OH is 1. The van der Waals surface area contributed by atoms with E-state index in [2.05, 4.69) is 96.1 Å². The van der Waals surface area contributed by atoms with Gasteiger partial charge in [0.25, 0.3) is 0 Å². The van der Waals surface area contributed by atoms with Crippen LogP contribution in [0.2, 0.25) is 0 Å². The molecular formula is C24H25IN2O. The molecule has 4 aromatic rings. The highest BCUT2D eigenvalue weighted by molar-refractivity contribution is 5.91. The Morgan fingerprint density at radius 3 is 2.68 bits per heavy atom. The van der Waals surface area contributed by atoms with E-state index in [1.807, 2.05) is 0 Å². The molecular weight excluding hydrogens is 459 g/mol. The van der Waals surface area contributed by atoms with Crippen molar-refractivity contribution in [2.24, 2.45) is 7.05 Å². The molecule has 0 radical (unpaired) electrons. The molecule has 0 aliphatic rings. The van der Waals surface area contributed by atoms with Crippen LogP contribution in [0.4, 0.5) is 0 Å². The van der Waals surface area contributed by atoms with E-state index in [4.69, 9.17) is 0 Å². The number of benzene rings is 2. The quantitative estimate of drug-likeness (QED) is 0.338. The zero-order valence-corrected chi connectivity index (χ0v) is 18.4. The van der Waals surface area contributed by atoms with Crippen LogP contribution in [0.1, 0.15) is 23.2 Å². The van der Waals surface area contributed by atoms with E-state index < -0.39 is 0 Å². The molecule has 2 heterocycles. The lowest BCUT2D eigenvalue weighted by Crippen LogP contribution is -3.00. The van der Waals surface area contributed by atoms with Crippen molar-refractivity contribution in [1.29, 1.82) is 0 Å². The zero-order chi connectivity index (χ0) is 18.8. The van der Waals surface area contributed by atoms with Crippen molar-refractivity contribution >= 4 is 34.0 Å². The molecule has 0 aliphatic heterocycles. The van der Waals surface area contributed by atoms with Gasteiger partial charge in [-0.1, -0.05) is 29.8 Å². The molecule has 0 bridgehead atoms. The van der Waals surface area contributed by atoms with Crippen LogP contribution in [0, 0.1) is 6.92 Å². The fourth-order valence-corrected chi connectivity index (χ4v) is 3.76. The van der Waals surface area contributed by atoms with Crippen LogP contribution < -0.4 is 28.5 Å². The van der Waals surface area contributed by atoms with E-state index in [1.54, 1.807) is 0 Å². The van der Waals surface area contributed by atoms with Gasteiger partial charge < -0.3 is 33.7 Å². The molecule has 4 rings (SSSR count). The number of para-hydroxylation sites is 1. The van der Waals surface area contributed by atoms with Crippen molar-refractivity contribution in [3.63, 3.8) is 0 Å². The molecule has 3 nitrogen and oxygen atoms in total. The molecule has 0 aliphatic carbocycles. The molecule has 0 fully saturated rings. The number of hydrogen-bond donors (Lipinski definition) is 1. The predicted octanol–water partition coefficient (Wildman–Crippen LogP) is 1.48. The van der Waals surface area contributed by atoms with Gasteiger partial charge in [-0.05, 0) is 31.2 Å². The summed E-state index contributed by atoms with van der Waals surface area (Å²) in [6.07, 6.45) is 7.28. The van der Waals surface area contributed by atoms with E-state index in [0.29, 0.717) is 0 Å². The van der Waals surface area contributed by atoms with Gasteiger partial charge >= 0.3 is 0 Å². The van der Waals surface area contributed by atoms with Gasteiger partial charge in [-0.2, -0.15) is 4.57 Å². The molecule has 0 unspecified atom stereocenters. The van der Waals surface area contributed by atoms with Crippen LogP contribution in [0.15, 0.2) is 60.8 Å². The maximum absolute atomic E-state index is 9.33. The Kier molecular flexibility index (Phi) is 6.52. The summed E-state index contributed by atoms with van der Waals surface area (Å²) < 4.78 is 4.46. The fourth-order valence-electron chi connectivity index (χ4n) is 3.76. The number of aryl methyl sites for hydroxylation is 3. The Hall–Kier alpha value is -2.18. The van der Waals surface area contributed by atoms with Crippen LogP contribution in [0.25, 0.3) is 34.0 Å². The third-order valence-electron chi connectivity index (χ3n) is 5.12. The molecule has 2 aromatic carbocycles. The van der Waals surface area contributed by atoms with Crippen LogP contribution in [0.5, 0.6) is 0 Å². The lowest BCUT2D eigenvalue weighted by atomic mass is 10.1. The van der Waals surface area contributed by atoms with Gasteiger partial charge in [-0.3, -0.25) is 0 Å². The number of pyridine rings is 1. The van der Waals surface area contributed by atoms with E-state index in [1.165, 1.54) is 32.9 Å². The summed E-state index contributed by atoms with van der Waals surface area (Å²) in [7, 11) is 2.08.